The van der Waals surface area contributed by atoms with Crippen LogP contribution in [-0.2, 0) is 20.9 Å². The van der Waals surface area contributed by atoms with Crippen LogP contribution < -0.4 is 0 Å². The van der Waals surface area contributed by atoms with Gasteiger partial charge in [-0.2, -0.15) is 5.26 Å². The van der Waals surface area contributed by atoms with E-state index >= 15 is 0 Å². The fraction of sp³-hybridized carbons (Fsp3) is 0.409. The molecule has 6 heteroatoms. The number of amides is 1. The van der Waals surface area contributed by atoms with Gasteiger partial charge in [-0.25, -0.2) is 0 Å². The van der Waals surface area contributed by atoms with Crippen LogP contribution in [0, 0.1) is 17.2 Å². The van der Waals surface area contributed by atoms with Crippen molar-refractivity contribution in [3.8, 4) is 6.07 Å². The SMILES string of the molecule is CCOC(=O)C1CCN(C(=O)/C=C/c2cn(CCC#N)c3ccccc23)CC1. The van der Waals surface area contributed by atoms with Crippen molar-refractivity contribution in [2.75, 3.05) is 19.7 Å². The fourth-order valence-corrected chi connectivity index (χ4v) is 3.63. The highest BCUT2D eigenvalue weighted by Crippen LogP contribution is 2.23. The zero-order valence-electron chi connectivity index (χ0n) is 16.1. The van der Waals surface area contributed by atoms with Crippen molar-refractivity contribution in [3.63, 3.8) is 0 Å². The number of piperidine rings is 1. The molecular weight excluding hydrogens is 354 g/mol. The second kappa shape index (κ2) is 9.23. The molecule has 1 amide bonds. The van der Waals surface area contributed by atoms with Gasteiger partial charge in [0.2, 0.25) is 5.91 Å². The first kappa shape index (κ1) is 19.7. The Balaban J connectivity index is 1.67. The number of ether oxygens (including phenoxy) is 1. The summed E-state index contributed by atoms with van der Waals surface area (Å²) in [6.07, 6.45) is 7.15. The molecule has 6 nitrogen and oxygen atoms in total. The molecule has 0 saturated carbocycles. The highest BCUT2D eigenvalue weighted by atomic mass is 16.5. The van der Waals surface area contributed by atoms with E-state index in [-0.39, 0.29) is 17.8 Å². The number of aryl methyl sites for hydroxylation is 1. The van der Waals surface area contributed by atoms with E-state index in [4.69, 9.17) is 10.00 Å². The molecule has 1 aliphatic heterocycles. The van der Waals surface area contributed by atoms with Crippen molar-refractivity contribution in [2.24, 2.45) is 5.92 Å². The Bertz CT molecular complexity index is 915. The number of nitrogens with zero attached hydrogens (tertiary/aromatic N) is 3. The molecule has 1 aliphatic rings. The van der Waals surface area contributed by atoms with Gasteiger partial charge in [-0.1, -0.05) is 18.2 Å². The third kappa shape index (κ3) is 4.42. The summed E-state index contributed by atoms with van der Waals surface area (Å²) in [7, 11) is 0. The summed E-state index contributed by atoms with van der Waals surface area (Å²) in [6.45, 7) is 3.95. The average Bonchev–Trinajstić information content (AvgIpc) is 3.08. The number of hydrogen-bond acceptors (Lipinski definition) is 4. The third-order valence-electron chi connectivity index (χ3n) is 5.12. The van der Waals surface area contributed by atoms with E-state index in [1.807, 2.05) is 41.1 Å². The summed E-state index contributed by atoms with van der Waals surface area (Å²) in [5, 5.41) is 9.91. The number of benzene rings is 1. The molecule has 0 atom stereocenters. The molecule has 1 aromatic heterocycles. The molecule has 0 bridgehead atoms. The fourth-order valence-electron chi connectivity index (χ4n) is 3.63. The van der Waals surface area contributed by atoms with E-state index in [1.165, 1.54) is 0 Å². The number of likely N-dealkylation sites (tertiary alicyclic amines) is 1. The molecule has 3 rings (SSSR count). The molecule has 1 aromatic carbocycles. The minimum absolute atomic E-state index is 0.0452. The van der Waals surface area contributed by atoms with Gasteiger partial charge in [-0.15, -0.1) is 0 Å². The van der Waals surface area contributed by atoms with Gasteiger partial charge in [0, 0.05) is 48.4 Å². The Kier molecular flexibility index (Phi) is 6.49. The Morgan fingerprint density at radius 3 is 2.75 bits per heavy atom. The normalized spacial score (nSPS) is 15.1. The molecule has 146 valence electrons. The van der Waals surface area contributed by atoms with Gasteiger partial charge in [0.1, 0.15) is 0 Å². The van der Waals surface area contributed by atoms with E-state index < -0.39 is 0 Å². The summed E-state index contributed by atoms with van der Waals surface area (Å²) < 4.78 is 7.12. The van der Waals surface area contributed by atoms with E-state index in [2.05, 4.69) is 6.07 Å². The second-order valence-corrected chi connectivity index (χ2v) is 6.89. The Morgan fingerprint density at radius 1 is 1.29 bits per heavy atom. The van der Waals surface area contributed by atoms with Gasteiger partial charge >= 0.3 is 5.97 Å². The van der Waals surface area contributed by atoms with Gasteiger partial charge in [0.25, 0.3) is 0 Å². The van der Waals surface area contributed by atoms with Crippen LogP contribution in [0.4, 0.5) is 0 Å². The Hall–Kier alpha value is -3.07. The summed E-state index contributed by atoms with van der Waals surface area (Å²) in [6, 6.07) is 10.1. The Labute approximate surface area is 165 Å². The molecule has 1 saturated heterocycles. The lowest BCUT2D eigenvalue weighted by atomic mass is 9.97. The first-order chi connectivity index (χ1) is 13.6. The standard InChI is InChI=1S/C22H25N3O3/c1-2-28-22(27)17-10-14-24(15-11-17)21(26)9-8-18-16-25(13-5-12-23)20-7-4-3-6-19(18)20/h3-4,6-9,16-17H,2,5,10-11,13-15H2,1H3/b9-8+. The van der Waals surface area contributed by atoms with Crippen LogP contribution in [0.25, 0.3) is 17.0 Å². The molecule has 2 aromatic rings. The van der Waals surface area contributed by atoms with Crippen LogP contribution in [0.2, 0.25) is 0 Å². The highest BCUT2D eigenvalue weighted by molar-refractivity contribution is 5.96. The highest BCUT2D eigenvalue weighted by Gasteiger charge is 2.27. The molecule has 0 radical (unpaired) electrons. The summed E-state index contributed by atoms with van der Waals surface area (Å²) in [4.78, 5) is 26.2. The molecule has 0 spiro atoms. The van der Waals surface area contributed by atoms with Crippen LogP contribution in [0.1, 0.15) is 31.7 Å². The smallest absolute Gasteiger partial charge is 0.309 e. The van der Waals surface area contributed by atoms with E-state index in [1.54, 1.807) is 17.9 Å². The molecule has 2 heterocycles. The number of nitriles is 1. The number of rotatable bonds is 6. The van der Waals surface area contributed by atoms with Crippen LogP contribution in [-0.4, -0.2) is 41.0 Å². The number of para-hydroxylation sites is 1. The number of esters is 1. The zero-order chi connectivity index (χ0) is 19.9. The predicted molar refractivity (Wildman–Crippen MR) is 107 cm³/mol. The number of fused-ring (bicyclic) bond motifs is 1. The van der Waals surface area contributed by atoms with Crippen LogP contribution >= 0.6 is 0 Å². The minimum atomic E-state index is -0.157. The first-order valence-electron chi connectivity index (χ1n) is 9.72. The second-order valence-electron chi connectivity index (χ2n) is 6.89. The Morgan fingerprint density at radius 2 is 2.04 bits per heavy atom. The van der Waals surface area contributed by atoms with Gasteiger partial charge in [0.15, 0.2) is 0 Å². The number of aromatic nitrogens is 1. The van der Waals surface area contributed by atoms with Crippen molar-refractivity contribution in [2.45, 2.75) is 32.7 Å². The van der Waals surface area contributed by atoms with E-state index in [0.717, 1.165) is 16.5 Å². The lowest BCUT2D eigenvalue weighted by Crippen LogP contribution is -2.39. The van der Waals surface area contributed by atoms with Crippen LogP contribution in [0.3, 0.4) is 0 Å². The molecule has 0 N–H and O–H groups in total. The minimum Gasteiger partial charge on any atom is -0.466 e. The van der Waals surface area contributed by atoms with E-state index in [9.17, 15) is 9.59 Å². The molecule has 28 heavy (non-hydrogen) atoms. The monoisotopic (exact) mass is 379 g/mol. The van der Waals surface area contributed by atoms with Crippen molar-refractivity contribution in [1.29, 1.82) is 5.26 Å². The maximum absolute atomic E-state index is 12.6. The van der Waals surface area contributed by atoms with Crippen molar-refractivity contribution >= 4 is 28.9 Å². The lowest BCUT2D eigenvalue weighted by molar-refractivity contribution is -0.150. The largest absolute Gasteiger partial charge is 0.466 e. The summed E-state index contributed by atoms with van der Waals surface area (Å²) in [5.41, 5.74) is 2.02. The van der Waals surface area contributed by atoms with Crippen molar-refractivity contribution in [3.05, 3.63) is 42.1 Å². The average molecular weight is 379 g/mol. The van der Waals surface area contributed by atoms with Gasteiger partial charge < -0.3 is 14.2 Å². The zero-order valence-corrected chi connectivity index (χ0v) is 16.1. The van der Waals surface area contributed by atoms with Crippen LogP contribution in [0.5, 0.6) is 0 Å². The maximum Gasteiger partial charge on any atom is 0.309 e. The quantitative estimate of drug-likeness (QED) is 0.570. The molecular formula is C22H25N3O3. The van der Waals surface area contributed by atoms with Gasteiger partial charge in [-0.3, -0.25) is 9.59 Å². The first-order valence-corrected chi connectivity index (χ1v) is 9.72. The van der Waals surface area contributed by atoms with Crippen molar-refractivity contribution < 1.29 is 14.3 Å². The number of hydrogen-bond donors (Lipinski definition) is 0. The topological polar surface area (TPSA) is 75.3 Å². The molecule has 0 aliphatic carbocycles. The van der Waals surface area contributed by atoms with Crippen LogP contribution in [0.15, 0.2) is 36.5 Å². The number of carbonyl (C=O) groups is 2. The molecule has 1 fully saturated rings. The molecule has 0 unspecified atom stereocenters. The lowest BCUT2D eigenvalue weighted by Gasteiger charge is -2.30. The van der Waals surface area contributed by atoms with E-state index in [0.29, 0.717) is 45.5 Å². The predicted octanol–water partition coefficient (Wildman–Crippen LogP) is 3.37. The maximum atomic E-state index is 12.6. The van der Waals surface area contributed by atoms with Gasteiger partial charge in [0.05, 0.1) is 25.0 Å². The van der Waals surface area contributed by atoms with Crippen molar-refractivity contribution in [1.82, 2.24) is 9.47 Å². The third-order valence-corrected chi connectivity index (χ3v) is 5.12. The number of carbonyl (C=O) groups excluding carboxylic acids is 2. The summed E-state index contributed by atoms with van der Waals surface area (Å²) >= 11 is 0. The summed E-state index contributed by atoms with van der Waals surface area (Å²) in [5.74, 6) is -0.308. The van der Waals surface area contributed by atoms with Gasteiger partial charge in [-0.05, 0) is 31.9 Å².